The first kappa shape index (κ1) is 14.9. The van der Waals surface area contributed by atoms with Crippen LogP contribution < -0.4 is 0 Å². The van der Waals surface area contributed by atoms with E-state index in [0.29, 0.717) is 24.1 Å². The number of Topliss-reactive ketones (excluding diaryl/α,β-unsaturated/α-hetero) is 1. The van der Waals surface area contributed by atoms with Crippen LogP contribution in [-0.4, -0.2) is 31.6 Å². The molecule has 0 saturated carbocycles. The zero-order chi connectivity index (χ0) is 16.7. The van der Waals surface area contributed by atoms with E-state index in [2.05, 4.69) is 5.10 Å². The molecule has 0 fully saturated rings. The maximum absolute atomic E-state index is 12.1. The fraction of sp³-hybridized carbons (Fsp3) is 0.267. The van der Waals surface area contributed by atoms with Gasteiger partial charge in [-0.1, -0.05) is 6.07 Å². The molecule has 23 heavy (non-hydrogen) atoms. The molecule has 0 amide bonds. The van der Waals surface area contributed by atoms with Gasteiger partial charge in [0, 0.05) is 12.5 Å². The van der Waals surface area contributed by atoms with Gasteiger partial charge >= 0.3 is 5.97 Å². The first-order valence-electron chi connectivity index (χ1n) is 7.04. The van der Waals surface area contributed by atoms with Gasteiger partial charge in [-0.2, -0.15) is 5.10 Å². The number of benzene rings is 1. The summed E-state index contributed by atoms with van der Waals surface area (Å²) in [5, 5.41) is 24.6. The number of carbonyl (C=O) groups is 2. The van der Waals surface area contributed by atoms with Crippen LogP contribution in [0, 0.1) is 17.0 Å². The zero-order valence-electron chi connectivity index (χ0n) is 12.3. The molecular formula is C15H13N3O5. The number of rotatable bonds is 3. The van der Waals surface area contributed by atoms with Gasteiger partial charge in [0.1, 0.15) is 5.69 Å². The summed E-state index contributed by atoms with van der Waals surface area (Å²) in [4.78, 5) is 34.2. The van der Waals surface area contributed by atoms with E-state index in [4.69, 9.17) is 0 Å². The predicted molar refractivity (Wildman–Crippen MR) is 79.2 cm³/mol. The van der Waals surface area contributed by atoms with Crippen molar-refractivity contribution in [2.75, 3.05) is 0 Å². The summed E-state index contributed by atoms with van der Waals surface area (Å²) in [6.45, 7) is 1.72. The summed E-state index contributed by atoms with van der Waals surface area (Å²) in [6, 6.07) is 4.60. The molecule has 0 radical (unpaired) electrons. The van der Waals surface area contributed by atoms with Crippen molar-refractivity contribution < 1.29 is 19.6 Å². The lowest BCUT2D eigenvalue weighted by Gasteiger charge is -2.13. The molecule has 1 heterocycles. The second kappa shape index (κ2) is 5.31. The molecule has 1 aromatic heterocycles. The van der Waals surface area contributed by atoms with Gasteiger partial charge in [0.15, 0.2) is 11.5 Å². The molecule has 118 valence electrons. The molecule has 0 spiro atoms. The Morgan fingerprint density at radius 1 is 1.39 bits per heavy atom. The summed E-state index contributed by atoms with van der Waals surface area (Å²) >= 11 is 0. The fourth-order valence-electron chi connectivity index (χ4n) is 2.83. The van der Waals surface area contributed by atoms with Crippen molar-refractivity contribution in [3.8, 4) is 5.69 Å². The highest BCUT2D eigenvalue weighted by atomic mass is 16.6. The monoisotopic (exact) mass is 315 g/mol. The zero-order valence-corrected chi connectivity index (χ0v) is 12.3. The molecule has 0 bridgehead atoms. The molecule has 8 heteroatoms. The number of nitro benzene ring substituents is 1. The van der Waals surface area contributed by atoms with E-state index in [9.17, 15) is 24.8 Å². The Balaban J connectivity index is 2.30. The van der Waals surface area contributed by atoms with E-state index in [1.807, 2.05) is 0 Å². The van der Waals surface area contributed by atoms with Crippen molar-refractivity contribution >= 4 is 17.4 Å². The van der Waals surface area contributed by atoms with Crippen LogP contribution >= 0.6 is 0 Å². The number of hydrogen-bond donors (Lipinski definition) is 1. The van der Waals surface area contributed by atoms with Crippen molar-refractivity contribution in [1.82, 2.24) is 9.78 Å². The standard InChI is InChI=1S/C15H13N3O5/c1-8-5-6-9(11(7-8)18(22)23)17-10-3-2-4-12(19)13(10)14(16-17)15(20)21/h5-7H,2-4H2,1H3,(H,20,21). The summed E-state index contributed by atoms with van der Waals surface area (Å²) in [7, 11) is 0. The number of fused-ring (bicyclic) bond motifs is 1. The topological polar surface area (TPSA) is 115 Å². The van der Waals surface area contributed by atoms with E-state index in [1.165, 1.54) is 16.8 Å². The second-order valence-electron chi connectivity index (χ2n) is 5.41. The summed E-state index contributed by atoms with van der Waals surface area (Å²) < 4.78 is 1.23. The number of hydrogen-bond acceptors (Lipinski definition) is 5. The average molecular weight is 315 g/mol. The Morgan fingerprint density at radius 3 is 2.78 bits per heavy atom. The highest BCUT2D eigenvalue weighted by Crippen LogP contribution is 2.31. The van der Waals surface area contributed by atoms with Crippen LogP contribution in [0.15, 0.2) is 18.2 Å². The highest BCUT2D eigenvalue weighted by molar-refractivity contribution is 6.06. The Bertz CT molecular complexity index is 853. The van der Waals surface area contributed by atoms with E-state index in [0.717, 1.165) is 0 Å². The molecule has 2 aromatic rings. The molecule has 1 aromatic carbocycles. The third-order valence-electron chi connectivity index (χ3n) is 3.84. The van der Waals surface area contributed by atoms with E-state index in [-0.39, 0.29) is 34.8 Å². The maximum Gasteiger partial charge on any atom is 0.357 e. The van der Waals surface area contributed by atoms with Crippen molar-refractivity contribution in [3.05, 3.63) is 50.8 Å². The number of carboxylic acid groups (broad SMARTS) is 1. The number of carbonyl (C=O) groups excluding carboxylic acids is 1. The van der Waals surface area contributed by atoms with Crippen molar-refractivity contribution in [1.29, 1.82) is 0 Å². The normalized spacial score (nSPS) is 13.7. The van der Waals surface area contributed by atoms with E-state index < -0.39 is 10.9 Å². The van der Waals surface area contributed by atoms with E-state index >= 15 is 0 Å². The van der Waals surface area contributed by atoms with Crippen LogP contribution in [0.4, 0.5) is 5.69 Å². The van der Waals surface area contributed by atoms with Gasteiger partial charge in [-0.25, -0.2) is 9.48 Å². The minimum absolute atomic E-state index is 0.0682. The summed E-state index contributed by atoms with van der Waals surface area (Å²) in [5.74, 6) is -1.60. The van der Waals surface area contributed by atoms with Crippen LogP contribution in [0.2, 0.25) is 0 Å². The number of aromatic carboxylic acids is 1. The molecule has 1 aliphatic carbocycles. The van der Waals surface area contributed by atoms with Crippen molar-refractivity contribution in [3.63, 3.8) is 0 Å². The Kier molecular flexibility index (Phi) is 3.44. The summed E-state index contributed by atoms with van der Waals surface area (Å²) in [5.41, 5.74) is 0.837. The number of nitrogens with zero attached hydrogens (tertiary/aromatic N) is 3. The van der Waals surface area contributed by atoms with Crippen LogP contribution in [0.5, 0.6) is 0 Å². The van der Waals surface area contributed by atoms with Crippen LogP contribution in [0.3, 0.4) is 0 Å². The molecule has 8 nitrogen and oxygen atoms in total. The maximum atomic E-state index is 12.1. The van der Waals surface area contributed by atoms with Gasteiger partial charge < -0.3 is 5.11 Å². The van der Waals surface area contributed by atoms with Gasteiger partial charge in [0.05, 0.1) is 16.2 Å². The number of nitro groups is 1. The van der Waals surface area contributed by atoms with Gasteiger partial charge in [-0.15, -0.1) is 0 Å². The van der Waals surface area contributed by atoms with Crippen LogP contribution in [-0.2, 0) is 6.42 Å². The largest absolute Gasteiger partial charge is 0.476 e. The van der Waals surface area contributed by atoms with Crippen LogP contribution in [0.1, 0.15) is 44.9 Å². The summed E-state index contributed by atoms with van der Waals surface area (Å²) in [6.07, 6.45) is 1.28. The SMILES string of the molecule is Cc1ccc(-n2nc(C(=O)O)c3c2CCCC3=O)c([N+](=O)[O-])c1. The molecule has 0 unspecified atom stereocenters. The van der Waals surface area contributed by atoms with E-state index in [1.54, 1.807) is 13.0 Å². The Labute approximate surface area is 130 Å². The highest BCUT2D eigenvalue weighted by Gasteiger charge is 2.32. The lowest BCUT2D eigenvalue weighted by molar-refractivity contribution is -0.384. The quantitative estimate of drug-likeness (QED) is 0.686. The lowest BCUT2D eigenvalue weighted by atomic mass is 9.94. The van der Waals surface area contributed by atoms with Crippen LogP contribution in [0.25, 0.3) is 5.69 Å². The third-order valence-corrected chi connectivity index (χ3v) is 3.84. The predicted octanol–water partition coefficient (Wildman–Crippen LogP) is 2.31. The molecule has 1 aliphatic rings. The van der Waals surface area contributed by atoms with Gasteiger partial charge in [0.2, 0.25) is 0 Å². The minimum atomic E-state index is -1.31. The molecule has 3 rings (SSSR count). The lowest BCUT2D eigenvalue weighted by Crippen LogP contribution is -2.15. The Morgan fingerprint density at radius 2 is 2.13 bits per heavy atom. The number of carboxylic acids is 1. The number of aryl methyl sites for hydroxylation is 1. The fourth-order valence-corrected chi connectivity index (χ4v) is 2.83. The van der Waals surface area contributed by atoms with Gasteiger partial charge in [-0.05, 0) is 31.4 Å². The number of aromatic nitrogens is 2. The molecular weight excluding hydrogens is 302 g/mol. The van der Waals surface area contributed by atoms with Gasteiger partial charge in [0.25, 0.3) is 5.69 Å². The van der Waals surface area contributed by atoms with Crippen molar-refractivity contribution in [2.24, 2.45) is 0 Å². The minimum Gasteiger partial charge on any atom is -0.476 e. The smallest absolute Gasteiger partial charge is 0.357 e. The third kappa shape index (κ3) is 2.37. The first-order valence-corrected chi connectivity index (χ1v) is 7.04. The van der Waals surface area contributed by atoms with Gasteiger partial charge in [-0.3, -0.25) is 14.9 Å². The first-order chi connectivity index (χ1) is 10.9. The van der Waals surface area contributed by atoms with Crippen molar-refractivity contribution in [2.45, 2.75) is 26.2 Å². The molecule has 0 saturated heterocycles. The second-order valence-corrected chi connectivity index (χ2v) is 5.41. The number of ketones is 1. The average Bonchev–Trinajstić information content (AvgIpc) is 2.88. The molecule has 0 aliphatic heterocycles. The molecule has 1 N–H and O–H groups in total. The molecule has 0 atom stereocenters. The Hall–Kier alpha value is -3.03.